The molecule has 0 aromatic heterocycles. The zero-order valence-electron chi connectivity index (χ0n) is 15.0. The normalized spacial score (nSPS) is 32.0. The van der Waals surface area contributed by atoms with Crippen LogP contribution in [0.3, 0.4) is 0 Å². The molecule has 0 radical (unpaired) electrons. The quantitative estimate of drug-likeness (QED) is 0.813. The van der Waals surface area contributed by atoms with Crippen molar-refractivity contribution in [3.63, 3.8) is 0 Å². The number of piperidine rings is 1. The first kappa shape index (κ1) is 17.6. The Morgan fingerprint density at radius 2 is 1.88 bits per heavy atom. The highest BCUT2D eigenvalue weighted by atomic mass is 35.5. The summed E-state index contributed by atoms with van der Waals surface area (Å²) in [6.45, 7) is 2.84. The largest absolute Gasteiger partial charge is 0.496 e. The van der Waals surface area contributed by atoms with Crippen molar-refractivity contribution < 1.29 is 14.5 Å². The lowest BCUT2D eigenvalue weighted by molar-refractivity contribution is -0.316. The van der Waals surface area contributed by atoms with Gasteiger partial charge in [0.15, 0.2) is 0 Å². The molecular weight excluding hydrogens is 338 g/mol. The van der Waals surface area contributed by atoms with Gasteiger partial charge in [0.25, 0.3) is 0 Å². The molecule has 1 aromatic rings. The lowest BCUT2D eigenvalue weighted by Crippen LogP contribution is -2.48. The van der Waals surface area contributed by atoms with E-state index in [1.807, 2.05) is 12.1 Å². The van der Waals surface area contributed by atoms with Crippen molar-refractivity contribution in [3.05, 3.63) is 28.8 Å². The Labute approximate surface area is 155 Å². The third-order valence-electron chi connectivity index (χ3n) is 6.75. The molecule has 1 aliphatic carbocycles. The van der Waals surface area contributed by atoms with Gasteiger partial charge in [0.1, 0.15) is 11.4 Å². The van der Waals surface area contributed by atoms with Gasteiger partial charge in [-0.2, -0.15) is 0 Å². The molecule has 1 spiro atoms. The van der Waals surface area contributed by atoms with Crippen molar-refractivity contribution in [2.24, 2.45) is 5.92 Å². The summed E-state index contributed by atoms with van der Waals surface area (Å²) < 4.78 is 5.74. The van der Waals surface area contributed by atoms with Crippen LogP contribution in [0.4, 0.5) is 0 Å². The molecule has 0 atom stereocenters. The van der Waals surface area contributed by atoms with E-state index in [9.17, 15) is 0 Å². The second-order valence-electron chi connectivity index (χ2n) is 7.86. The minimum Gasteiger partial charge on any atom is -0.496 e. The summed E-state index contributed by atoms with van der Waals surface area (Å²) in [5, 5.41) is 4.33. The molecule has 0 amide bonds. The number of hydrogen-bond acceptors (Lipinski definition) is 4. The van der Waals surface area contributed by atoms with Crippen LogP contribution in [0.5, 0.6) is 5.75 Å². The van der Waals surface area contributed by atoms with Crippen molar-refractivity contribution in [1.82, 2.24) is 5.32 Å². The Morgan fingerprint density at radius 1 is 1.12 bits per heavy atom. The molecule has 5 heteroatoms. The van der Waals surface area contributed by atoms with Crippen LogP contribution in [0.25, 0.3) is 0 Å². The maximum absolute atomic E-state index is 6.38. The summed E-state index contributed by atoms with van der Waals surface area (Å²) in [4.78, 5) is 10.9. The van der Waals surface area contributed by atoms with Gasteiger partial charge in [-0.05, 0) is 75.7 Å². The number of methoxy groups -OCH3 is 1. The molecule has 3 fully saturated rings. The second-order valence-corrected chi connectivity index (χ2v) is 8.30. The summed E-state index contributed by atoms with van der Waals surface area (Å²) in [6.07, 6.45) is 7.86. The first-order chi connectivity index (χ1) is 12.2. The Bertz CT molecular complexity index is 599. The number of ether oxygens (including phenoxy) is 1. The molecule has 2 saturated heterocycles. The van der Waals surface area contributed by atoms with Crippen LogP contribution in [0.1, 0.15) is 50.5 Å². The summed E-state index contributed by atoms with van der Waals surface area (Å²) in [5.41, 5.74) is 1.42. The number of rotatable bonds is 3. The van der Waals surface area contributed by atoms with Crippen LogP contribution < -0.4 is 10.1 Å². The molecule has 2 heterocycles. The number of halogens is 1. The van der Waals surface area contributed by atoms with E-state index in [-0.39, 0.29) is 11.0 Å². The van der Waals surface area contributed by atoms with E-state index >= 15 is 0 Å². The van der Waals surface area contributed by atoms with Gasteiger partial charge in [-0.1, -0.05) is 11.6 Å². The van der Waals surface area contributed by atoms with Gasteiger partial charge < -0.3 is 10.1 Å². The summed E-state index contributed by atoms with van der Waals surface area (Å²) in [5.74, 6) is 1.61. The first-order valence-electron chi connectivity index (χ1n) is 9.53. The smallest absolute Gasteiger partial charge is 0.122 e. The van der Waals surface area contributed by atoms with Crippen LogP contribution in [0, 0.1) is 5.92 Å². The molecular formula is C20H28ClNO3. The molecule has 2 aliphatic heterocycles. The zero-order valence-corrected chi connectivity index (χ0v) is 15.7. The molecule has 25 heavy (non-hydrogen) atoms. The van der Waals surface area contributed by atoms with Gasteiger partial charge in [-0.25, -0.2) is 9.78 Å². The molecule has 1 N–H and O–H groups in total. The highest BCUT2D eigenvalue weighted by Gasteiger charge is 2.49. The van der Waals surface area contributed by atoms with E-state index in [1.54, 1.807) is 7.11 Å². The van der Waals surface area contributed by atoms with Gasteiger partial charge in [0, 0.05) is 22.4 Å². The fraction of sp³-hybridized carbons (Fsp3) is 0.700. The standard InChI is InChI=1S/C20H28ClNO3/c1-23-18-3-2-16(21)14-17(18)20(8-11-22-12-9-20)15-4-6-19(7-5-15)10-13-24-25-19/h2-3,14-15,22H,4-13H2,1H3. The number of nitrogens with one attached hydrogen (secondary N) is 1. The Hall–Kier alpha value is -0.810. The van der Waals surface area contributed by atoms with E-state index in [0.29, 0.717) is 5.92 Å². The molecule has 3 aliphatic rings. The fourth-order valence-electron chi connectivity index (χ4n) is 5.31. The van der Waals surface area contributed by atoms with Crippen LogP contribution >= 0.6 is 11.6 Å². The maximum Gasteiger partial charge on any atom is 0.122 e. The van der Waals surface area contributed by atoms with Crippen molar-refractivity contribution in [2.45, 2.75) is 56.0 Å². The summed E-state index contributed by atoms with van der Waals surface area (Å²) >= 11 is 6.38. The van der Waals surface area contributed by atoms with Gasteiger partial charge in [0.2, 0.25) is 0 Å². The predicted molar refractivity (Wildman–Crippen MR) is 98.1 cm³/mol. The molecule has 1 aromatic carbocycles. The van der Waals surface area contributed by atoms with Crippen molar-refractivity contribution in [2.75, 3.05) is 26.8 Å². The predicted octanol–water partition coefficient (Wildman–Crippen LogP) is 4.25. The lowest BCUT2D eigenvalue weighted by atomic mass is 9.58. The van der Waals surface area contributed by atoms with Crippen molar-refractivity contribution in [1.29, 1.82) is 0 Å². The maximum atomic E-state index is 6.38. The van der Waals surface area contributed by atoms with Crippen LogP contribution in [-0.4, -0.2) is 32.4 Å². The molecule has 4 nitrogen and oxygen atoms in total. The molecule has 0 bridgehead atoms. The van der Waals surface area contributed by atoms with Gasteiger partial charge in [-0.15, -0.1) is 0 Å². The Balaban J connectivity index is 1.65. The van der Waals surface area contributed by atoms with E-state index in [2.05, 4.69) is 11.4 Å². The topological polar surface area (TPSA) is 39.7 Å². The number of benzene rings is 1. The molecule has 1 saturated carbocycles. The Morgan fingerprint density at radius 3 is 2.52 bits per heavy atom. The van der Waals surface area contributed by atoms with Gasteiger partial charge in [-0.3, -0.25) is 0 Å². The minimum atomic E-state index is -0.0248. The highest BCUT2D eigenvalue weighted by molar-refractivity contribution is 6.30. The zero-order chi connectivity index (χ0) is 17.3. The molecule has 4 rings (SSSR count). The molecule has 0 unspecified atom stereocenters. The van der Waals surface area contributed by atoms with E-state index in [1.165, 1.54) is 18.4 Å². The van der Waals surface area contributed by atoms with E-state index in [4.69, 9.17) is 26.1 Å². The van der Waals surface area contributed by atoms with Gasteiger partial charge in [0.05, 0.1) is 13.7 Å². The van der Waals surface area contributed by atoms with E-state index < -0.39 is 0 Å². The molecule has 138 valence electrons. The summed E-state index contributed by atoms with van der Waals surface area (Å²) in [6, 6.07) is 6.10. The average molecular weight is 366 g/mol. The summed E-state index contributed by atoms with van der Waals surface area (Å²) in [7, 11) is 1.76. The van der Waals surface area contributed by atoms with Gasteiger partial charge >= 0.3 is 0 Å². The van der Waals surface area contributed by atoms with Crippen molar-refractivity contribution in [3.8, 4) is 5.75 Å². The van der Waals surface area contributed by atoms with Crippen LogP contribution in [-0.2, 0) is 15.2 Å². The Kier molecular flexibility index (Phi) is 4.98. The van der Waals surface area contributed by atoms with E-state index in [0.717, 1.165) is 62.6 Å². The third kappa shape index (κ3) is 3.18. The minimum absolute atomic E-state index is 0.0248. The highest BCUT2D eigenvalue weighted by Crippen LogP contribution is 2.52. The first-order valence-corrected chi connectivity index (χ1v) is 9.91. The second kappa shape index (κ2) is 7.07. The fourth-order valence-corrected chi connectivity index (χ4v) is 5.48. The SMILES string of the molecule is COc1ccc(Cl)cc1C1(C2CCC3(CCOO3)CC2)CCNCC1. The monoisotopic (exact) mass is 365 g/mol. The number of hydrogen-bond donors (Lipinski definition) is 1. The third-order valence-corrected chi connectivity index (χ3v) is 6.98. The van der Waals surface area contributed by atoms with Crippen LogP contribution in [0.15, 0.2) is 18.2 Å². The van der Waals surface area contributed by atoms with Crippen molar-refractivity contribution >= 4 is 11.6 Å². The van der Waals surface area contributed by atoms with Crippen LogP contribution in [0.2, 0.25) is 5.02 Å². The lowest BCUT2D eigenvalue weighted by Gasteiger charge is -2.48. The average Bonchev–Trinajstić information content (AvgIpc) is 3.11.